The van der Waals surface area contributed by atoms with Crippen LogP contribution in [0.15, 0.2) is 48.5 Å². The Morgan fingerprint density at radius 1 is 0.963 bits per heavy atom. The van der Waals surface area contributed by atoms with Crippen LogP contribution < -0.4 is 5.43 Å². The lowest BCUT2D eigenvalue weighted by atomic mass is 10.1. The molecule has 0 saturated carbocycles. The summed E-state index contributed by atoms with van der Waals surface area (Å²) in [6.45, 7) is 5.11. The Morgan fingerprint density at radius 3 is 2.00 bits per heavy atom. The molecule has 144 valence electrons. The van der Waals surface area contributed by atoms with Gasteiger partial charge in [-0.05, 0) is 57.2 Å². The molecule has 2 aromatic carbocycles. The number of rotatable bonds is 2. The highest BCUT2D eigenvalue weighted by atomic mass is 35.5. The van der Waals surface area contributed by atoms with E-state index in [1.54, 1.807) is 39.0 Å². The number of nitrogens with one attached hydrogen (secondary N) is 1. The van der Waals surface area contributed by atoms with E-state index in [0.29, 0.717) is 0 Å². The van der Waals surface area contributed by atoms with E-state index < -0.39 is 29.1 Å². The molecule has 0 aliphatic rings. The van der Waals surface area contributed by atoms with Gasteiger partial charge >= 0.3 is 6.18 Å². The van der Waals surface area contributed by atoms with Crippen LogP contribution in [-0.4, -0.2) is 22.4 Å². The molecule has 0 unspecified atom stereocenters. The van der Waals surface area contributed by atoms with Crippen LogP contribution in [0.5, 0.6) is 0 Å². The highest BCUT2D eigenvalue weighted by Gasteiger charge is 2.32. The Labute approximate surface area is 159 Å². The van der Waals surface area contributed by atoms with Crippen LogP contribution in [0.2, 0.25) is 5.02 Å². The zero-order valence-corrected chi connectivity index (χ0v) is 15.7. The maximum absolute atomic E-state index is 12.8. The molecule has 0 spiro atoms. The molecule has 0 aromatic heterocycles. The van der Waals surface area contributed by atoms with Crippen molar-refractivity contribution < 1.29 is 22.8 Å². The second-order valence-electron chi connectivity index (χ2n) is 6.81. The maximum Gasteiger partial charge on any atom is 0.416 e. The fourth-order valence-electron chi connectivity index (χ4n) is 2.25. The number of carbonyl (C=O) groups excluding carboxylic acids is 2. The minimum atomic E-state index is -4.49. The first kappa shape index (κ1) is 20.8. The van der Waals surface area contributed by atoms with Crippen molar-refractivity contribution in [3.8, 4) is 0 Å². The van der Waals surface area contributed by atoms with Crippen molar-refractivity contribution in [3.63, 3.8) is 0 Å². The molecule has 1 N–H and O–H groups in total. The third kappa shape index (κ3) is 5.01. The fraction of sp³-hybridized carbons (Fsp3) is 0.263. The van der Waals surface area contributed by atoms with Crippen molar-refractivity contribution in [2.45, 2.75) is 32.5 Å². The van der Waals surface area contributed by atoms with Gasteiger partial charge in [0, 0.05) is 5.56 Å². The number of benzene rings is 2. The highest BCUT2D eigenvalue weighted by molar-refractivity contribution is 6.33. The van der Waals surface area contributed by atoms with E-state index >= 15 is 0 Å². The molecule has 0 radical (unpaired) electrons. The zero-order valence-electron chi connectivity index (χ0n) is 14.9. The summed E-state index contributed by atoms with van der Waals surface area (Å²) in [5, 5.41) is 1.33. The summed E-state index contributed by atoms with van der Waals surface area (Å²) in [5.74, 6) is -1.24. The van der Waals surface area contributed by atoms with Crippen LogP contribution in [0.25, 0.3) is 0 Å². The number of hydrogen-bond acceptors (Lipinski definition) is 2. The van der Waals surface area contributed by atoms with Gasteiger partial charge in [0.2, 0.25) is 0 Å². The van der Waals surface area contributed by atoms with Crippen LogP contribution in [-0.2, 0) is 6.18 Å². The summed E-state index contributed by atoms with van der Waals surface area (Å²) in [6.07, 6.45) is -4.49. The molecule has 2 rings (SSSR count). The summed E-state index contributed by atoms with van der Waals surface area (Å²) >= 11 is 6.06. The van der Waals surface area contributed by atoms with Crippen molar-refractivity contribution in [2.75, 3.05) is 0 Å². The minimum absolute atomic E-state index is 0.00999. The first-order valence-corrected chi connectivity index (χ1v) is 8.36. The third-order valence-corrected chi connectivity index (χ3v) is 4.00. The van der Waals surface area contributed by atoms with E-state index in [0.717, 1.165) is 29.3 Å². The molecule has 0 fully saturated rings. The SMILES string of the molecule is CC(C)(C)N(NC(=O)c1ccc(C(F)(F)F)cc1)C(=O)c1ccccc1Cl. The molecule has 0 atom stereocenters. The maximum atomic E-state index is 12.8. The summed E-state index contributed by atoms with van der Waals surface area (Å²) in [5.41, 5.74) is 0.978. The number of amides is 2. The summed E-state index contributed by atoms with van der Waals surface area (Å²) in [6, 6.07) is 10.1. The van der Waals surface area contributed by atoms with Crippen molar-refractivity contribution in [1.82, 2.24) is 10.4 Å². The topological polar surface area (TPSA) is 49.4 Å². The van der Waals surface area contributed by atoms with Crippen molar-refractivity contribution in [2.24, 2.45) is 0 Å². The lowest BCUT2D eigenvalue weighted by Crippen LogP contribution is -2.55. The first-order chi connectivity index (χ1) is 12.4. The summed E-state index contributed by atoms with van der Waals surface area (Å²) in [7, 11) is 0. The number of alkyl halides is 3. The average Bonchev–Trinajstić information content (AvgIpc) is 2.57. The minimum Gasteiger partial charge on any atom is -0.267 e. The fourth-order valence-corrected chi connectivity index (χ4v) is 2.47. The smallest absolute Gasteiger partial charge is 0.267 e. The van der Waals surface area contributed by atoms with E-state index in [1.165, 1.54) is 6.07 Å². The summed E-state index contributed by atoms with van der Waals surface area (Å²) in [4.78, 5) is 25.3. The van der Waals surface area contributed by atoms with Gasteiger partial charge in [0.1, 0.15) is 0 Å². The van der Waals surface area contributed by atoms with Crippen molar-refractivity contribution in [3.05, 3.63) is 70.2 Å². The quantitative estimate of drug-likeness (QED) is 0.728. The van der Waals surface area contributed by atoms with E-state index in [2.05, 4.69) is 5.43 Å². The van der Waals surface area contributed by atoms with Gasteiger partial charge in [0.15, 0.2) is 0 Å². The van der Waals surface area contributed by atoms with Gasteiger partial charge in [-0.25, -0.2) is 5.01 Å². The number of hydrogen-bond donors (Lipinski definition) is 1. The molecule has 2 amide bonds. The lowest BCUT2D eigenvalue weighted by Gasteiger charge is -2.35. The number of nitrogens with zero attached hydrogens (tertiary/aromatic N) is 1. The Morgan fingerprint density at radius 2 is 1.52 bits per heavy atom. The molecular formula is C19H18ClF3N2O2. The second-order valence-corrected chi connectivity index (χ2v) is 7.21. The van der Waals surface area contributed by atoms with Gasteiger partial charge in [-0.15, -0.1) is 0 Å². The Balaban J connectivity index is 2.28. The average molecular weight is 399 g/mol. The Hall–Kier alpha value is -2.54. The molecule has 0 bridgehead atoms. The van der Waals surface area contributed by atoms with Crippen molar-refractivity contribution >= 4 is 23.4 Å². The van der Waals surface area contributed by atoms with Crippen molar-refractivity contribution in [1.29, 1.82) is 0 Å². The lowest BCUT2D eigenvalue weighted by molar-refractivity contribution is -0.137. The van der Waals surface area contributed by atoms with E-state index in [-0.39, 0.29) is 16.1 Å². The molecule has 0 aliphatic heterocycles. The van der Waals surface area contributed by atoms with Crippen LogP contribution >= 0.6 is 11.6 Å². The van der Waals surface area contributed by atoms with Crippen LogP contribution in [0, 0.1) is 0 Å². The molecule has 8 heteroatoms. The van der Waals surface area contributed by atoms with Gasteiger partial charge in [-0.2, -0.15) is 13.2 Å². The molecule has 0 saturated heterocycles. The normalized spacial score (nSPS) is 11.8. The number of hydrazine groups is 1. The summed E-state index contributed by atoms with van der Waals surface area (Å²) < 4.78 is 38.0. The van der Waals surface area contributed by atoms with E-state index in [9.17, 15) is 22.8 Å². The van der Waals surface area contributed by atoms with Crippen LogP contribution in [0.1, 0.15) is 47.1 Å². The van der Waals surface area contributed by atoms with Gasteiger partial charge in [-0.3, -0.25) is 15.0 Å². The van der Waals surface area contributed by atoms with Gasteiger partial charge in [0.05, 0.1) is 21.7 Å². The predicted molar refractivity (Wildman–Crippen MR) is 96.3 cm³/mol. The van der Waals surface area contributed by atoms with E-state index in [4.69, 9.17) is 11.6 Å². The highest BCUT2D eigenvalue weighted by Crippen LogP contribution is 2.29. The Bertz CT molecular complexity index is 843. The predicted octanol–water partition coefficient (Wildman–Crippen LogP) is 4.94. The molecule has 4 nitrogen and oxygen atoms in total. The zero-order chi connectivity index (χ0) is 20.4. The van der Waals surface area contributed by atoms with Gasteiger partial charge < -0.3 is 0 Å². The van der Waals surface area contributed by atoms with Crippen LogP contribution in [0.4, 0.5) is 13.2 Å². The largest absolute Gasteiger partial charge is 0.416 e. The Kier molecular flexibility index (Phi) is 5.85. The molecule has 0 aliphatic carbocycles. The monoisotopic (exact) mass is 398 g/mol. The number of halogens is 4. The van der Waals surface area contributed by atoms with E-state index in [1.807, 2.05) is 0 Å². The van der Waals surface area contributed by atoms with Gasteiger partial charge in [0.25, 0.3) is 11.8 Å². The third-order valence-electron chi connectivity index (χ3n) is 3.67. The molecular weight excluding hydrogens is 381 g/mol. The van der Waals surface area contributed by atoms with Gasteiger partial charge in [-0.1, -0.05) is 23.7 Å². The first-order valence-electron chi connectivity index (χ1n) is 7.98. The standard InChI is InChI=1S/C19H18ClF3N2O2/c1-18(2,3)25(17(27)14-6-4-5-7-15(14)20)24-16(26)12-8-10-13(11-9-12)19(21,22)23/h4-11H,1-3H3,(H,24,26). The molecule has 0 heterocycles. The molecule has 27 heavy (non-hydrogen) atoms. The molecule has 2 aromatic rings. The number of carbonyl (C=O) groups is 2. The second kappa shape index (κ2) is 7.60. The van der Waals surface area contributed by atoms with Crippen LogP contribution in [0.3, 0.4) is 0 Å².